The molecule has 0 aromatic carbocycles. The number of Topliss-reactive ketones (excluding diaryl/α,β-unsaturated/α-hetero) is 1. The van der Waals surface area contributed by atoms with Crippen molar-refractivity contribution in [2.24, 2.45) is 11.8 Å². The second-order valence-corrected chi connectivity index (χ2v) is 2.40. The van der Waals surface area contributed by atoms with Gasteiger partial charge in [-0.05, 0) is 13.3 Å². The van der Waals surface area contributed by atoms with Gasteiger partial charge in [0, 0.05) is 5.92 Å². The van der Waals surface area contributed by atoms with Crippen LogP contribution in [0.2, 0.25) is 0 Å². The summed E-state index contributed by atoms with van der Waals surface area (Å²) >= 11 is 0. The van der Waals surface area contributed by atoms with E-state index in [2.05, 4.69) is 0 Å². The van der Waals surface area contributed by atoms with Crippen LogP contribution in [0.25, 0.3) is 0 Å². The summed E-state index contributed by atoms with van der Waals surface area (Å²) in [7, 11) is 0. The first-order chi connectivity index (χ1) is 4.13. The standard InChI is InChI=1S/C6H8O3/c1-3(7)4-2-5(4)6(8)9/h4-5H,2H2,1H3,(H,8,9). The highest BCUT2D eigenvalue weighted by atomic mass is 16.4. The molecule has 1 rings (SSSR count). The van der Waals surface area contributed by atoms with Crippen molar-refractivity contribution < 1.29 is 14.7 Å². The SMILES string of the molecule is CC(=O)C1CC1C(=O)O. The molecular weight excluding hydrogens is 120 g/mol. The molecule has 0 amide bonds. The fourth-order valence-corrected chi connectivity index (χ4v) is 0.917. The molecule has 1 saturated carbocycles. The smallest absolute Gasteiger partial charge is 0.307 e. The van der Waals surface area contributed by atoms with E-state index in [0.717, 1.165) is 0 Å². The highest BCUT2D eigenvalue weighted by Gasteiger charge is 2.46. The first-order valence-electron chi connectivity index (χ1n) is 2.86. The molecule has 0 spiro atoms. The third kappa shape index (κ3) is 1.09. The Bertz CT molecular complexity index is 144. The number of rotatable bonds is 2. The summed E-state index contributed by atoms with van der Waals surface area (Å²) in [4.78, 5) is 20.6. The van der Waals surface area contributed by atoms with Crippen LogP contribution in [0.4, 0.5) is 0 Å². The molecule has 3 nitrogen and oxygen atoms in total. The molecule has 0 aromatic heterocycles. The van der Waals surface area contributed by atoms with E-state index in [1.807, 2.05) is 0 Å². The molecular formula is C6H8O3. The highest BCUT2D eigenvalue weighted by molar-refractivity contribution is 5.89. The van der Waals surface area contributed by atoms with Crippen molar-refractivity contribution in [3.8, 4) is 0 Å². The molecule has 0 saturated heterocycles. The molecule has 0 bridgehead atoms. The van der Waals surface area contributed by atoms with Crippen molar-refractivity contribution >= 4 is 11.8 Å². The van der Waals surface area contributed by atoms with Gasteiger partial charge in [0.25, 0.3) is 0 Å². The minimum Gasteiger partial charge on any atom is -0.481 e. The summed E-state index contributed by atoms with van der Waals surface area (Å²) in [5.41, 5.74) is 0. The molecule has 1 aliphatic carbocycles. The summed E-state index contributed by atoms with van der Waals surface area (Å²) in [5, 5.41) is 8.32. The van der Waals surface area contributed by atoms with Gasteiger partial charge in [-0.3, -0.25) is 9.59 Å². The van der Waals surface area contributed by atoms with Crippen molar-refractivity contribution in [2.75, 3.05) is 0 Å². The van der Waals surface area contributed by atoms with Crippen molar-refractivity contribution in [3.05, 3.63) is 0 Å². The minimum atomic E-state index is -0.838. The van der Waals surface area contributed by atoms with Crippen LogP contribution in [-0.2, 0) is 9.59 Å². The summed E-state index contributed by atoms with van der Waals surface area (Å²) in [6.07, 6.45) is 0.546. The summed E-state index contributed by atoms with van der Waals surface area (Å²) in [5.74, 6) is -1.39. The third-order valence-electron chi connectivity index (χ3n) is 1.63. The van der Waals surface area contributed by atoms with Gasteiger partial charge in [-0.1, -0.05) is 0 Å². The van der Waals surface area contributed by atoms with Crippen molar-refractivity contribution in [1.82, 2.24) is 0 Å². The quantitative estimate of drug-likeness (QED) is 0.581. The number of ketones is 1. The van der Waals surface area contributed by atoms with E-state index in [1.54, 1.807) is 0 Å². The first-order valence-corrected chi connectivity index (χ1v) is 2.86. The Kier molecular flexibility index (Phi) is 1.27. The molecule has 2 unspecified atom stereocenters. The highest BCUT2D eigenvalue weighted by Crippen LogP contribution is 2.38. The Hall–Kier alpha value is -0.860. The maximum atomic E-state index is 10.5. The molecule has 3 heteroatoms. The maximum Gasteiger partial charge on any atom is 0.307 e. The van der Waals surface area contributed by atoms with Gasteiger partial charge in [0.1, 0.15) is 5.78 Å². The number of carboxylic acids is 1. The lowest BCUT2D eigenvalue weighted by molar-refractivity contribution is -0.139. The average molecular weight is 128 g/mol. The largest absolute Gasteiger partial charge is 0.481 e. The zero-order valence-electron chi connectivity index (χ0n) is 5.13. The van der Waals surface area contributed by atoms with Gasteiger partial charge >= 0.3 is 5.97 Å². The number of aliphatic carboxylic acids is 1. The average Bonchev–Trinajstić information content (AvgIpc) is 2.39. The van der Waals surface area contributed by atoms with Crippen LogP contribution < -0.4 is 0 Å². The molecule has 50 valence electrons. The van der Waals surface area contributed by atoms with Gasteiger partial charge in [0.2, 0.25) is 0 Å². The molecule has 0 heterocycles. The molecule has 1 fully saturated rings. The lowest BCUT2D eigenvalue weighted by Gasteiger charge is -1.85. The Balaban J connectivity index is 2.42. The van der Waals surface area contributed by atoms with Crippen LogP contribution in [0.15, 0.2) is 0 Å². The van der Waals surface area contributed by atoms with Crippen molar-refractivity contribution in [2.45, 2.75) is 13.3 Å². The fourth-order valence-electron chi connectivity index (χ4n) is 0.917. The van der Waals surface area contributed by atoms with Gasteiger partial charge in [0.05, 0.1) is 5.92 Å². The molecule has 0 aromatic rings. The normalized spacial score (nSPS) is 31.7. The van der Waals surface area contributed by atoms with E-state index >= 15 is 0 Å². The van der Waals surface area contributed by atoms with Gasteiger partial charge < -0.3 is 5.11 Å². The summed E-state index contributed by atoms with van der Waals surface area (Å²) in [6.45, 7) is 1.44. The predicted molar refractivity (Wildman–Crippen MR) is 29.9 cm³/mol. The third-order valence-corrected chi connectivity index (χ3v) is 1.63. The van der Waals surface area contributed by atoms with Crippen LogP contribution in [0, 0.1) is 11.8 Å². The van der Waals surface area contributed by atoms with Crippen LogP contribution in [0.5, 0.6) is 0 Å². The molecule has 2 atom stereocenters. The zero-order chi connectivity index (χ0) is 7.02. The number of carbonyl (C=O) groups is 2. The number of hydrogen-bond acceptors (Lipinski definition) is 2. The summed E-state index contributed by atoms with van der Waals surface area (Å²) in [6, 6.07) is 0. The van der Waals surface area contributed by atoms with Crippen LogP contribution in [-0.4, -0.2) is 16.9 Å². The second-order valence-electron chi connectivity index (χ2n) is 2.40. The van der Waals surface area contributed by atoms with Crippen LogP contribution in [0.1, 0.15) is 13.3 Å². The van der Waals surface area contributed by atoms with E-state index in [0.29, 0.717) is 6.42 Å². The van der Waals surface area contributed by atoms with Crippen molar-refractivity contribution in [1.29, 1.82) is 0 Å². The number of hydrogen-bond donors (Lipinski definition) is 1. The number of carbonyl (C=O) groups excluding carboxylic acids is 1. The summed E-state index contributed by atoms with van der Waals surface area (Å²) < 4.78 is 0. The lowest BCUT2D eigenvalue weighted by Crippen LogP contribution is -2.03. The Morgan fingerprint density at radius 1 is 1.44 bits per heavy atom. The topological polar surface area (TPSA) is 54.4 Å². The molecule has 1 aliphatic rings. The molecule has 9 heavy (non-hydrogen) atoms. The van der Waals surface area contributed by atoms with Gasteiger partial charge in [0.15, 0.2) is 0 Å². The molecule has 1 N–H and O–H groups in total. The lowest BCUT2D eigenvalue weighted by atomic mass is 10.2. The molecule has 0 radical (unpaired) electrons. The number of carboxylic acid groups (broad SMARTS) is 1. The Labute approximate surface area is 52.7 Å². The fraction of sp³-hybridized carbons (Fsp3) is 0.667. The van der Waals surface area contributed by atoms with E-state index in [9.17, 15) is 9.59 Å². The van der Waals surface area contributed by atoms with Crippen molar-refractivity contribution in [3.63, 3.8) is 0 Å². The van der Waals surface area contributed by atoms with Gasteiger partial charge in [-0.25, -0.2) is 0 Å². The maximum absolute atomic E-state index is 10.5. The van der Waals surface area contributed by atoms with Gasteiger partial charge in [-0.15, -0.1) is 0 Å². The van der Waals surface area contributed by atoms with Crippen LogP contribution >= 0.6 is 0 Å². The van der Waals surface area contributed by atoms with E-state index in [-0.39, 0.29) is 17.6 Å². The predicted octanol–water partition coefficient (Wildman–Crippen LogP) is 0.296. The van der Waals surface area contributed by atoms with E-state index in [1.165, 1.54) is 6.92 Å². The molecule has 0 aliphatic heterocycles. The Morgan fingerprint density at radius 2 is 2.00 bits per heavy atom. The van der Waals surface area contributed by atoms with E-state index < -0.39 is 5.97 Å². The van der Waals surface area contributed by atoms with Gasteiger partial charge in [-0.2, -0.15) is 0 Å². The van der Waals surface area contributed by atoms with E-state index in [4.69, 9.17) is 5.11 Å². The Morgan fingerprint density at radius 3 is 2.11 bits per heavy atom. The monoisotopic (exact) mass is 128 g/mol. The first kappa shape index (κ1) is 6.26. The van der Waals surface area contributed by atoms with Crippen LogP contribution in [0.3, 0.4) is 0 Å². The zero-order valence-corrected chi connectivity index (χ0v) is 5.13. The minimum absolute atomic E-state index is 0.00222. The second kappa shape index (κ2) is 1.83.